The van der Waals surface area contributed by atoms with E-state index in [0.29, 0.717) is 6.04 Å². The van der Waals surface area contributed by atoms with Gasteiger partial charge in [-0.05, 0) is 58.6 Å². The Balaban J connectivity index is 2.44. The molecule has 0 saturated carbocycles. The van der Waals surface area contributed by atoms with Crippen molar-refractivity contribution in [2.45, 2.75) is 65.0 Å². The molecule has 114 valence electrons. The zero-order valence-electron chi connectivity index (χ0n) is 13.8. The van der Waals surface area contributed by atoms with Gasteiger partial charge < -0.3 is 10.1 Å². The summed E-state index contributed by atoms with van der Waals surface area (Å²) in [6, 6.07) is 9.47. The van der Waals surface area contributed by atoms with E-state index >= 15 is 0 Å². The van der Waals surface area contributed by atoms with Gasteiger partial charge in [0.25, 0.3) is 0 Å². The summed E-state index contributed by atoms with van der Waals surface area (Å²) in [7, 11) is 1.80. The van der Waals surface area contributed by atoms with E-state index in [1.165, 1.54) is 24.0 Å². The molecule has 1 unspecified atom stereocenters. The van der Waals surface area contributed by atoms with Crippen LogP contribution in [0.3, 0.4) is 0 Å². The van der Waals surface area contributed by atoms with Crippen LogP contribution in [-0.4, -0.2) is 25.3 Å². The summed E-state index contributed by atoms with van der Waals surface area (Å²) in [5.41, 5.74) is 2.75. The molecule has 1 N–H and O–H groups in total. The van der Waals surface area contributed by atoms with Gasteiger partial charge in [-0.3, -0.25) is 0 Å². The molecule has 0 aromatic heterocycles. The summed E-state index contributed by atoms with van der Waals surface area (Å²) >= 11 is 0. The maximum Gasteiger partial charge on any atom is 0.0623 e. The molecule has 0 aliphatic heterocycles. The summed E-state index contributed by atoms with van der Waals surface area (Å²) < 4.78 is 5.51. The van der Waals surface area contributed by atoms with Gasteiger partial charge in [-0.15, -0.1) is 0 Å². The Labute approximate surface area is 124 Å². The number of methoxy groups -OCH3 is 1. The van der Waals surface area contributed by atoms with Gasteiger partial charge in [0.15, 0.2) is 0 Å². The predicted octanol–water partition coefficient (Wildman–Crippen LogP) is 4.11. The van der Waals surface area contributed by atoms with Gasteiger partial charge in [0.2, 0.25) is 0 Å². The number of hydrogen-bond acceptors (Lipinski definition) is 2. The molecule has 20 heavy (non-hydrogen) atoms. The fourth-order valence-electron chi connectivity index (χ4n) is 2.36. The summed E-state index contributed by atoms with van der Waals surface area (Å²) in [4.78, 5) is 0. The Morgan fingerprint density at radius 1 is 1.15 bits per heavy atom. The average molecular weight is 277 g/mol. The average Bonchev–Trinajstić information content (AvgIpc) is 2.44. The first-order chi connectivity index (χ1) is 9.46. The number of aryl methyl sites for hydroxylation is 2. The van der Waals surface area contributed by atoms with Crippen LogP contribution < -0.4 is 5.32 Å². The maximum atomic E-state index is 5.51. The van der Waals surface area contributed by atoms with Crippen molar-refractivity contribution in [3.8, 4) is 0 Å². The minimum absolute atomic E-state index is 0.0163. The molecule has 0 aliphatic carbocycles. The molecule has 0 fully saturated rings. The predicted molar refractivity (Wildman–Crippen MR) is 87.3 cm³/mol. The van der Waals surface area contributed by atoms with E-state index in [1.807, 2.05) is 0 Å². The molecule has 0 radical (unpaired) electrons. The standard InChI is InChI=1S/C18H31NO/c1-6-19-17(13-14-18(3,4)20-5)12-11-16-9-7-15(2)8-10-16/h7-10,17,19H,6,11-14H2,1-5H3. The second-order valence-electron chi connectivity index (χ2n) is 6.28. The largest absolute Gasteiger partial charge is 0.379 e. The molecule has 0 amide bonds. The minimum atomic E-state index is -0.0163. The van der Waals surface area contributed by atoms with Crippen molar-refractivity contribution in [3.63, 3.8) is 0 Å². The molecule has 0 spiro atoms. The van der Waals surface area contributed by atoms with Gasteiger partial charge in [0, 0.05) is 13.2 Å². The summed E-state index contributed by atoms with van der Waals surface area (Å²) in [5.74, 6) is 0. The molecule has 2 nitrogen and oxygen atoms in total. The molecular weight excluding hydrogens is 246 g/mol. The topological polar surface area (TPSA) is 21.3 Å². The van der Waals surface area contributed by atoms with Gasteiger partial charge in [0.1, 0.15) is 0 Å². The molecule has 1 aromatic carbocycles. The van der Waals surface area contributed by atoms with Crippen LogP contribution in [0.25, 0.3) is 0 Å². The van der Waals surface area contributed by atoms with Gasteiger partial charge in [-0.25, -0.2) is 0 Å². The zero-order valence-corrected chi connectivity index (χ0v) is 13.8. The van der Waals surface area contributed by atoms with Crippen LogP contribution >= 0.6 is 0 Å². The lowest BCUT2D eigenvalue weighted by Gasteiger charge is -2.26. The van der Waals surface area contributed by atoms with Crippen molar-refractivity contribution >= 4 is 0 Å². The van der Waals surface area contributed by atoms with E-state index in [-0.39, 0.29) is 5.60 Å². The number of nitrogens with one attached hydrogen (secondary N) is 1. The number of ether oxygens (including phenoxy) is 1. The van der Waals surface area contributed by atoms with E-state index in [4.69, 9.17) is 4.74 Å². The first-order valence-electron chi connectivity index (χ1n) is 7.81. The van der Waals surface area contributed by atoms with Crippen LogP contribution in [0.2, 0.25) is 0 Å². The number of hydrogen-bond donors (Lipinski definition) is 1. The van der Waals surface area contributed by atoms with E-state index in [0.717, 1.165) is 19.4 Å². The summed E-state index contributed by atoms with van der Waals surface area (Å²) in [6.45, 7) is 9.68. The third-order valence-corrected chi connectivity index (χ3v) is 4.04. The van der Waals surface area contributed by atoms with Crippen molar-refractivity contribution < 1.29 is 4.74 Å². The maximum absolute atomic E-state index is 5.51. The Morgan fingerprint density at radius 3 is 2.35 bits per heavy atom. The van der Waals surface area contributed by atoms with Gasteiger partial charge in [-0.2, -0.15) is 0 Å². The monoisotopic (exact) mass is 277 g/mol. The van der Waals surface area contributed by atoms with Gasteiger partial charge in [-0.1, -0.05) is 36.8 Å². The van der Waals surface area contributed by atoms with E-state index in [9.17, 15) is 0 Å². The van der Waals surface area contributed by atoms with E-state index in [1.54, 1.807) is 7.11 Å². The van der Waals surface area contributed by atoms with E-state index < -0.39 is 0 Å². The van der Waals surface area contributed by atoms with Crippen LogP contribution in [0, 0.1) is 6.92 Å². The highest BCUT2D eigenvalue weighted by molar-refractivity contribution is 5.21. The van der Waals surface area contributed by atoms with Crippen LogP contribution in [-0.2, 0) is 11.2 Å². The van der Waals surface area contributed by atoms with Crippen molar-refractivity contribution in [1.29, 1.82) is 0 Å². The third-order valence-electron chi connectivity index (χ3n) is 4.04. The molecule has 0 heterocycles. The Hall–Kier alpha value is -0.860. The SMILES string of the molecule is CCNC(CCc1ccc(C)cc1)CCC(C)(C)OC. The van der Waals surface area contributed by atoms with Crippen molar-refractivity contribution in [3.05, 3.63) is 35.4 Å². The van der Waals surface area contributed by atoms with Gasteiger partial charge in [0.05, 0.1) is 5.60 Å². The molecule has 1 aromatic rings. The summed E-state index contributed by atoms with van der Waals surface area (Å²) in [6.07, 6.45) is 4.59. The third kappa shape index (κ3) is 6.53. The number of rotatable bonds is 9. The second kappa shape index (κ2) is 8.43. The van der Waals surface area contributed by atoms with Crippen LogP contribution in [0.4, 0.5) is 0 Å². The smallest absolute Gasteiger partial charge is 0.0623 e. The highest BCUT2D eigenvalue weighted by Gasteiger charge is 2.18. The van der Waals surface area contributed by atoms with Crippen molar-refractivity contribution in [2.75, 3.05) is 13.7 Å². The minimum Gasteiger partial charge on any atom is -0.379 e. The highest BCUT2D eigenvalue weighted by atomic mass is 16.5. The quantitative estimate of drug-likeness (QED) is 0.733. The Bertz CT molecular complexity index is 370. The Morgan fingerprint density at radius 2 is 1.80 bits per heavy atom. The molecule has 1 atom stereocenters. The second-order valence-corrected chi connectivity index (χ2v) is 6.28. The first-order valence-corrected chi connectivity index (χ1v) is 7.81. The van der Waals surface area contributed by atoms with Gasteiger partial charge >= 0.3 is 0 Å². The van der Waals surface area contributed by atoms with Crippen molar-refractivity contribution in [1.82, 2.24) is 5.32 Å². The molecule has 0 saturated heterocycles. The fourth-order valence-corrected chi connectivity index (χ4v) is 2.36. The molecule has 1 rings (SSSR count). The lowest BCUT2D eigenvalue weighted by atomic mass is 9.95. The molecular formula is C18H31NO. The van der Waals surface area contributed by atoms with Crippen molar-refractivity contribution in [2.24, 2.45) is 0 Å². The van der Waals surface area contributed by atoms with Crippen LogP contribution in [0.5, 0.6) is 0 Å². The normalized spacial score (nSPS) is 13.4. The number of benzene rings is 1. The summed E-state index contributed by atoms with van der Waals surface area (Å²) in [5, 5.41) is 3.61. The molecule has 2 heteroatoms. The lowest BCUT2D eigenvalue weighted by Crippen LogP contribution is -2.33. The lowest BCUT2D eigenvalue weighted by molar-refractivity contribution is 0.0116. The molecule has 0 bridgehead atoms. The zero-order chi connectivity index (χ0) is 15.0. The fraction of sp³-hybridized carbons (Fsp3) is 0.667. The van der Waals surface area contributed by atoms with Crippen LogP contribution in [0.1, 0.15) is 51.2 Å². The highest BCUT2D eigenvalue weighted by Crippen LogP contribution is 2.19. The molecule has 0 aliphatic rings. The first kappa shape index (κ1) is 17.2. The van der Waals surface area contributed by atoms with E-state index in [2.05, 4.69) is 57.3 Å². The van der Waals surface area contributed by atoms with Crippen LogP contribution in [0.15, 0.2) is 24.3 Å². The Kier molecular flexibility index (Phi) is 7.25.